The van der Waals surface area contributed by atoms with Crippen molar-refractivity contribution >= 4 is 18.7 Å². The van der Waals surface area contributed by atoms with Crippen molar-refractivity contribution in [2.45, 2.75) is 71.1 Å². The Balaban J connectivity index is 1.91. The van der Waals surface area contributed by atoms with Gasteiger partial charge < -0.3 is 32.8 Å². The lowest BCUT2D eigenvalue weighted by atomic mass is 9.82. The molecule has 0 amide bonds. The second-order valence-corrected chi connectivity index (χ2v) is 18.0. The first-order chi connectivity index (χ1) is 24.6. The average molecular weight is 714 g/mol. The summed E-state index contributed by atoms with van der Waals surface area (Å²) in [5.74, 6) is 2.51. The molecule has 8 nitrogen and oxygen atoms in total. The lowest BCUT2D eigenvalue weighted by Crippen LogP contribution is -2.67. The van der Waals surface area contributed by atoms with Gasteiger partial charge in [-0.25, -0.2) is 0 Å². The number of methoxy groups -OCH3 is 4. The zero-order chi connectivity index (χ0) is 36.8. The third kappa shape index (κ3) is 7.41. The molecule has 0 radical (unpaired) electrons. The normalized spacial score (nSPS) is 18.0. The standard InChI is InChI=1S/C42H55NO7Si/c1-11-48-36(49-12-2)28-43-29(3)37-34(27-35(45-8)40(46-9)41(37)47-10)39(38(43)30-20-19-21-31(26-30)44-7)50-51(42(4,5)6,32-22-15-13-16-23-32)33-24-17-14-18-25-33/h13-27,29,36,38-39H,11-12,28H2,1-10H3/t29-,38+,39-/m1/s1. The minimum absolute atomic E-state index is 0.173. The van der Waals surface area contributed by atoms with Gasteiger partial charge in [0, 0.05) is 24.8 Å². The first-order valence-corrected chi connectivity index (χ1v) is 19.7. The summed E-state index contributed by atoms with van der Waals surface area (Å²) >= 11 is 0. The predicted molar refractivity (Wildman–Crippen MR) is 205 cm³/mol. The molecule has 0 N–H and O–H groups in total. The van der Waals surface area contributed by atoms with Crippen LogP contribution in [0.25, 0.3) is 0 Å². The van der Waals surface area contributed by atoms with Gasteiger partial charge in [0.05, 0.1) is 47.1 Å². The Morgan fingerprint density at radius 1 is 0.706 bits per heavy atom. The molecule has 1 aliphatic rings. The molecule has 5 rings (SSSR count). The van der Waals surface area contributed by atoms with Gasteiger partial charge in [0.25, 0.3) is 8.32 Å². The van der Waals surface area contributed by atoms with Gasteiger partial charge in [-0.05, 0) is 65.5 Å². The summed E-state index contributed by atoms with van der Waals surface area (Å²) in [6, 6.07) is 31.4. The Labute approximate surface area is 305 Å². The second-order valence-electron chi connectivity index (χ2n) is 13.8. The lowest BCUT2D eigenvalue weighted by Gasteiger charge is -2.52. The smallest absolute Gasteiger partial charge is 0.261 e. The molecular formula is C42H55NO7Si. The molecule has 0 aromatic heterocycles. The van der Waals surface area contributed by atoms with Gasteiger partial charge in [0.2, 0.25) is 5.75 Å². The monoisotopic (exact) mass is 713 g/mol. The molecule has 51 heavy (non-hydrogen) atoms. The van der Waals surface area contributed by atoms with Crippen LogP contribution in [0.1, 0.15) is 76.4 Å². The number of hydrogen-bond donors (Lipinski definition) is 0. The highest BCUT2D eigenvalue weighted by Gasteiger charge is 2.55. The molecule has 9 heteroatoms. The Morgan fingerprint density at radius 3 is 1.78 bits per heavy atom. The van der Waals surface area contributed by atoms with E-state index in [4.69, 9.17) is 32.8 Å². The van der Waals surface area contributed by atoms with Crippen molar-refractivity contribution in [1.82, 2.24) is 4.90 Å². The van der Waals surface area contributed by atoms with E-state index < -0.39 is 20.7 Å². The zero-order valence-corrected chi connectivity index (χ0v) is 32.9. The fourth-order valence-corrected chi connectivity index (χ4v) is 12.4. The molecular weight excluding hydrogens is 659 g/mol. The number of rotatable bonds is 15. The molecule has 0 saturated carbocycles. The third-order valence-electron chi connectivity index (χ3n) is 9.99. The van der Waals surface area contributed by atoms with E-state index in [2.05, 4.69) is 111 Å². The molecule has 1 heterocycles. The van der Waals surface area contributed by atoms with Crippen molar-refractivity contribution in [2.24, 2.45) is 0 Å². The van der Waals surface area contributed by atoms with E-state index in [1.54, 1.807) is 28.4 Å². The summed E-state index contributed by atoms with van der Waals surface area (Å²) < 4.78 is 44.6. The van der Waals surface area contributed by atoms with Crippen LogP contribution in [0.15, 0.2) is 91.0 Å². The van der Waals surface area contributed by atoms with E-state index in [9.17, 15) is 0 Å². The largest absolute Gasteiger partial charge is 0.497 e. The molecule has 4 aromatic carbocycles. The van der Waals surface area contributed by atoms with Gasteiger partial charge >= 0.3 is 0 Å². The van der Waals surface area contributed by atoms with Crippen LogP contribution in [0.4, 0.5) is 0 Å². The molecule has 274 valence electrons. The van der Waals surface area contributed by atoms with Crippen molar-refractivity contribution in [3.8, 4) is 23.0 Å². The minimum atomic E-state index is -3.13. The fraction of sp³-hybridized carbons (Fsp3) is 0.429. The molecule has 0 saturated heterocycles. The molecule has 1 aliphatic heterocycles. The van der Waals surface area contributed by atoms with Crippen LogP contribution in [0, 0.1) is 0 Å². The van der Waals surface area contributed by atoms with Crippen LogP contribution >= 0.6 is 0 Å². The Hall–Kier alpha value is -3.86. The van der Waals surface area contributed by atoms with E-state index in [1.807, 2.05) is 26.0 Å². The Bertz CT molecular complexity index is 1670. The second kappa shape index (κ2) is 16.6. The van der Waals surface area contributed by atoms with Gasteiger partial charge in [-0.1, -0.05) is 93.6 Å². The maximum atomic E-state index is 8.16. The number of benzene rings is 4. The van der Waals surface area contributed by atoms with Crippen LogP contribution in [-0.4, -0.2) is 67.7 Å². The molecule has 3 atom stereocenters. The van der Waals surface area contributed by atoms with Crippen LogP contribution in [-0.2, 0) is 13.9 Å². The highest BCUT2D eigenvalue weighted by Crippen LogP contribution is 2.57. The Morgan fingerprint density at radius 2 is 1.29 bits per heavy atom. The summed E-state index contributed by atoms with van der Waals surface area (Å²) in [6.07, 6.45) is -0.982. The maximum Gasteiger partial charge on any atom is 0.261 e. The number of nitrogens with zero attached hydrogens (tertiary/aromatic N) is 1. The summed E-state index contributed by atoms with van der Waals surface area (Å²) in [5.41, 5.74) is 3.01. The summed E-state index contributed by atoms with van der Waals surface area (Å²) in [5, 5.41) is 2.09. The quantitative estimate of drug-likeness (QED) is 0.0912. The number of hydrogen-bond acceptors (Lipinski definition) is 8. The van der Waals surface area contributed by atoms with Crippen molar-refractivity contribution in [3.05, 3.63) is 108 Å². The van der Waals surface area contributed by atoms with E-state index in [0.29, 0.717) is 37.0 Å². The summed E-state index contributed by atoms with van der Waals surface area (Å²) in [6.45, 7) is 14.6. The highest BCUT2D eigenvalue weighted by molar-refractivity contribution is 6.99. The average Bonchev–Trinajstić information content (AvgIpc) is 3.14. The van der Waals surface area contributed by atoms with E-state index in [0.717, 1.165) is 22.4 Å². The lowest BCUT2D eigenvalue weighted by molar-refractivity contribution is -0.161. The van der Waals surface area contributed by atoms with Crippen molar-refractivity contribution in [3.63, 3.8) is 0 Å². The predicted octanol–water partition coefficient (Wildman–Crippen LogP) is 7.86. The Kier molecular flexibility index (Phi) is 12.5. The molecule has 0 spiro atoms. The first kappa shape index (κ1) is 38.4. The topological polar surface area (TPSA) is 67.9 Å². The molecule has 0 unspecified atom stereocenters. The SMILES string of the molecule is CCOC(CN1[C@H](C)c2c(cc(OC)c(OC)c2OC)[C@@H](O[Si](c2ccccc2)(c2ccccc2)C(C)(C)C)[C@@H]1c1cccc(OC)c1)OCC. The third-order valence-corrected chi connectivity index (χ3v) is 15.0. The summed E-state index contributed by atoms with van der Waals surface area (Å²) in [4.78, 5) is 2.43. The van der Waals surface area contributed by atoms with Gasteiger partial charge in [0.15, 0.2) is 17.8 Å². The molecule has 0 bridgehead atoms. The van der Waals surface area contributed by atoms with Crippen LogP contribution < -0.4 is 29.3 Å². The maximum absolute atomic E-state index is 8.16. The van der Waals surface area contributed by atoms with Gasteiger partial charge in [-0.2, -0.15) is 0 Å². The van der Waals surface area contributed by atoms with Gasteiger partial charge in [-0.15, -0.1) is 0 Å². The van der Waals surface area contributed by atoms with Crippen molar-refractivity contribution < 1.29 is 32.8 Å². The number of ether oxygens (including phenoxy) is 6. The van der Waals surface area contributed by atoms with E-state index in [1.165, 1.54) is 10.4 Å². The van der Waals surface area contributed by atoms with Gasteiger partial charge in [-0.3, -0.25) is 4.90 Å². The minimum Gasteiger partial charge on any atom is -0.497 e. The van der Waals surface area contributed by atoms with Crippen molar-refractivity contribution in [1.29, 1.82) is 0 Å². The fourth-order valence-electron chi connectivity index (χ4n) is 7.78. The van der Waals surface area contributed by atoms with Crippen molar-refractivity contribution in [2.75, 3.05) is 48.2 Å². The zero-order valence-electron chi connectivity index (χ0n) is 31.9. The number of fused-ring (bicyclic) bond motifs is 1. The van der Waals surface area contributed by atoms with E-state index >= 15 is 0 Å². The van der Waals surface area contributed by atoms with E-state index in [-0.39, 0.29) is 17.1 Å². The van der Waals surface area contributed by atoms with Crippen LogP contribution in [0.5, 0.6) is 23.0 Å². The van der Waals surface area contributed by atoms with Crippen LogP contribution in [0.3, 0.4) is 0 Å². The molecule has 0 fully saturated rings. The molecule has 0 aliphatic carbocycles. The molecule has 4 aromatic rings. The summed E-state index contributed by atoms with van der Waals surface area (Å²) in [7, 11) is 3.56. The first-order valence-electron chi connectivity index (χ1n) is 17.8. The van der Waals surface area contributed by atoms with Crippen LogP contribution in [0.2, 0.25) is 5.04 Å². The van der Waals surface area contributed by atoms with Gasteiger partial charge in [0.1, 0.15) is 5.75 Å². The highest BCUT2D eigenvalue weighted by atomic mass is 28.4.